The van der Waals surface area contributed by atoms with Gasteiger partial charge in [-0.1, -0.05) is 36.4 Å². The van der Waals surface area contributed by atoms with Gasteiger partial charge < -0.3 is 24.3 Å². The summed E-state index contributed by atoms with van der Waals surface area (Å²) >= 11 is 0. The van der Waals surface area contributed by atoms with Gasteiger partial charge in [0, 0.05) is 5.56 Å². The summed E-state index contributed by atoms with van der Waals surface area (Å²) in [5.41, 5.74) is 3.62. The lowest BCUT2D eigenvalue weighted by atomic mass is 10.2. The van der Waals surface area contributed by atoms with Gasteiger partial charge in [-0.25, -0.2) is 15.0 Å². The number of hydrogen-bond donors (Lipinski definition) is 2. The summed E-state index contributed by atoms with van der Waals surface area (Å²) < 4.78 is 21.4. The van der Waals surface area contributed by atoms with Crippen LogP contribution in [0.4, 0.5) is 0 Å². The summed E-state index contributed by atoms with van der Waals surface area (Å²) in [5, 5.41) is 6.39. The predicted molar refractivity (Wildman–Crippen MR) is 157 cm³/mol. The van der Waals surface area contributed by atoms with Gasteiger partial charge in [-0.2, -0.15) is 5.10 Å². The van der Waals surface area contributed by atoms with E-state index in [1.54, 1.807) is 72.8 Å². The van der Waals surface area contributed by atoms with Crippen molar-refractivity contribution in [3.05, 3.63) is 119 Å². The summed E-state index contributed by atoms with van der Waals surface area (Å²) in [6, 6.07) is 25.7. The number of ether oxygens (including phenoxy) is 4. The summed E-state index contributed by atoms with van der Waals surface area (Å²) in [4.78, 5) is 50.1. The van der Waals surface area contributed by atoms with Gasteiger partial charge in [0.15, 0.2) is 23.0 Å². The van der Waals surface area contributed by atoms with Crippen LogP contribution < -0.4 is 29.7 Å². The molecule has 4 aromatic carbocycles. The first kappa shape index (κ1) is 30.0. The van der Waals surface area contributed by atoms with E-state index in [4.69, 9.17) is 18.9 Å². The summed E-state index contributed by atoms with van der Waals surface area (Å²) in [5.74, 6) is -1.57. The molecule has 0 saturated heterocycles. The fourth-order valence-electron chi connectivity index (χ4n) is 3.69. The molecule has 11 nitrogen and oxygen atoms in total. The van der Waals surface area contributed by atoms with E-state index in [-0.39, 0.29) is 23.6 Å². The molecular weight excluding hydrogens is 554 g/mol. The standard InChI is InChI=1S/C32H27N3O8/c1-40-25-16-14-24(18-27(25)41-2)30(37)33-20-29(36)35-34-19-21-13-15-26(42-31(38)22-9-5-3-6-10-22)28(17-21)43-32(39)23-11-7-4-8-12-23/h3-19H,20H2,1-2H3,(H,33,37)(H,35,36)/b34-19+. The number of carbonyl (C=O) groups excluding carboxylic acids is 4. The number of esters is 2. The molecule has 0 aliphatic carbocycles. The lowest BCUT2D eigenvalue weighted by Crippen LogP contribution is -2.34. The first-order valence-corrected chi connectivity index (χ1v) is 12.9. The largest absolute Gasteiger partial charge is 0.493 e. The molecule has 11 heteroatoms. The number of hydrogen-bond acceptors (Lipinski definition) is 9. The fourth-order valence-corrected chi connectivity index (χ4v) is 3.69. The average molecular weight is 582 g/mol. The summed E-state index contributed by atoms with van der Waals surface area (Å²) in [7, 11) is 2.93. The third-order valence-electron chi connectivity index (χ3n) is 5.85. The molecule has 0 radical (unpaired) electrons. The highest BCUT2D eigenvalue weighted by molar-refractivity contribution is 5.97. The SMILES string of the molecule is COc1ccc(C(=O)NCC(=O)N/N=C/c2ccc(OC(=O)c3ccccc3)c(OC(=O)c3ccccc3)c2)cc1OC. The highest BCUT2D eigenvalue weighted by Gasteiger charge is 2.17. The second kappa shape index (κ2) is 14.6. The van der Waals surface area contributed by atoms with Gasteiger partial charge in [0.2, 0.25) is 0 Å². The van der Waals surface area contributed by atoms with Crippen molar-refractivity contribution >= 4 is 30.0 Å². The molecular formula is C32H27N3O8. The Labute approximate surface area is 247 Å². The molecule has 0 aliphatic rings. The Kier molecular flexibility index (Phi) is 10.2. The molecule has 0 atom stereocenters. The minimum Gasteiger partial charge on any atom is -0.493 e. The first-order valence-electron chi connectivity index (χ1n) is 12.9. The maximum absolute atomic E-state index is 12.7. The quantitative estimate of drug-likeness (QED) is 0.117. The van der Waals surface area contributed by atoms with E-state index in [1.165, 1.54) is 44.7 Å². The Balaban J connectivity index is 1.41. The van der Waals surface area contributed by atoms with Crippen LogP contribution in [-0.2, 0) is 4.79 Å². The molecule has 4 rings (SSSR count). The van der Waals surface area contributed by atoms with Crippen molar-refractivity contribution in [2.45, 2.75) is 0 Å². The third-order valence-corrected chi connectivity index (χ3v) is 5.85. The number of benzene rings is 4. The number of nitrogens with one attached hydrogen (secondary N) is 2. The van der Waals surface area contributed by atoms with Crippen LogP contribution in [0.25, 0.3) is 0 Å². The molecule has 0 spiro atoms. The van der Waals surface area contributed by atoms with Gasteiger partial charge in [-0.15, -0.1) is 0 Å². The summed E-state index contributed by atoms with van der Waals surface area (Å²) in [6.45, 7) is -0.348. The zero-order valence-corrected chi connectivity index (χ0v) is 23.2. The van der Waals surface area contributed by atoms with Crippen molar-refractivity contribution in [3.8, 4) is 23.0 Å². The van der Waals surface area contributed by atoms with Gasteiger partial charge in [0.05, 0.1) is 38.1 Å². The lowest BCUT2D eigenvalue weighted by Gasteiger charge is -2.11. The predicted octanol–water partition coefficient (Wildman–Crippen LogP) is 4.02. The van der Waals surface area contributed by atoms with Crippen LogP contribution in [-0.4, -0.2) is 50.7 Å². The van der Waals surface area contributed by atoms with Crippen LogP contribution in [0.15, 0.2) is 102 Å². The number of methoxy groups -OCH3 is 2. The first-order chi connectivity index (χ1) is 20.9. The van der Waals surface area contributed by atoms with E-state index in [9.17, 15) is 19.2 Å². The Bertz CT molecular complexity index is 1640. The smallest absolute Gasteiger partial charge is 0.343 e. The van der Waals surface area contributed by atoms with Gasteiger partial charge in [-0.05, 0) is 66.2 Å². The molecule has 0 fully saturated rings. The molecule has 0 aliphatic heterocycles. The average Bonchev–Trinajstić information content (AvgIpc) is 3.05. The molecule has 0 bridgehead atoms. The van der Waals surface area contributed by atoms with Gasteiger partial charge in [0.1, 0.15) is 0 Å². The van der Waals surface area contributed by atoms with E-state index in [0.29, 0.717) is 28.2 Å². The van der Waals surface area contributed by atoms with Crippen LogP contribution in [0.1, 0.15) is 36.6 Å². The van der Waals surface area contributed by atoms with Crippen LogP contribution in [0, 0.1) is 0 Å². The number of hydrazone groups is 1. The normalized spacial score (nSPS) is 10.5. The molecule has 0 heterocycles. The highest BCUT2D eigenvalue weighted by Crippen LogP contribution is 2.30. The fraction of sp³-hybridized carbons (Fsp3) is 0.0938. The van der Waals surface area contributed by atoms with Crippen molar-refractivity contribution < 1.29 is 38.1 Å². The summed E-state index contributed by atoms with van der Waals surface area (Å²) in [6.07, 6.45) is 1.30. The van der Waals surface area contributed by atoms with Crippen molar-refractivity contribution in [1.82, 2.24) is 10.7 Å². The second-order valence-electron chi connectivity index (χ2n) is 8.76. The van der Waals surface area contributed by atoms with Crippen molar-refractivity contribution in [1.29, 1.82) is 0 Å². The molecule has 0 aromatic heterocycles. The van der Waals surface area contributed by atoms with Crippen LogP contribution >= 0.6 is 0 Å². The monoisotopic (exact) mass is 581 g/mol. The maximum Gasteiger partial charge on any atom is 0.343 e. The Morgan fingerprint density at radius 1 is 0.651 bits per heavy atom. The lowest BCUT2D eigenvalue weighted by molar-refractivity contribution is -0.120. The third kappa shape index (κ3) is 8.27. The van der Waals surface area contributed by atoms with Crippen LogP contribution in [0.3, 0.4) is 0 Å². The Morgan fingerprint density at radius 3 is 1.84 bits per heavy atom. The topological polar surface area (TPSA) is 142 Å². The molecule has 0 unspecified atom stereocenters. The van der Waals surface area contributed by atoms with Crippen molar-refractivity contribution in [2.24, 2.45) is 5.10 Å². The van der Waals surface area contributed by atoms with E-state index in [1.807, 2.05) is 0 Å². The Hall–Kier alpha value is -5.97. The molecule has 2 amide bonds. The maximum atomic E-state index is 12.7. The van der Waals surface area contributed by atoms with Crippen LogP contribution in [0.2, 0.25) is 0 Å². The van der Waals surface area contributed by atoms with Gasteiger partial charge >= 0.3 is 11.9 Å². The number of amides is 2. The second-order valence-corrected chi connectivity index (χ2v) is 8.76. The zero-order valence-electron chi connectivity index (χ0n) is 23.2. The number of carbonyl (C=O) groups is 4. The molecule has 0 saturated carbocycles. The van der Waals surface area contributed by atoms with Crippen molar-refractivity contribution in [2.75, 3.05) is 20.8 Å². The minimum absolute atomic E-state index is 0.0113. The molecule has 2 N–H and O–H groups in total. The Morgan fingerprint density at radius 2 is 1.23 bits per heavy atom. The highest BCUT2D eigenvalue weighted by atomic mass is 16.6. The molecule has 218 valence electrons. The van der Waals surface area contributed by atoms with Crippen molar-refractivity contribution in [3.63, 3.8) is 0 Å². The molecule has 43 heavy (non-hydrogen) atoms. The van der Waals surface area contributed by atoms with Crippen LogP contribution in [0.5, 0.6) is 23.0 Å². The minimum atomic E-state index is -0.662. The van der Waals surface area contributed by atoms with E-state index in [0.717, 1.165) is 0 Å². The molecule has 4 aromatic rings. The van der Waals surface area contributed by atoms with Gasteiger partial charge in [-0.3, -0.25) is 9.59 Å². The number of rotatable bonds is 11. The zero-order chi connectivity index (χ0) is 30.6. The van der Waals surface area contributed by atoms with E-state index in [2.05, 4.69) is 15.8 Å². The van der Waals surface area contributed by atoms with E-state index >= 15 is 0 Å². The number of nitrogens with zero attached hydrogens (tertiary/aromatic N) is 1. The van der Waals surface area contributed by atoms with E-state index < -0.39 is 23.8 Å². The van der Waals surface area contributed by atoms with Gasteiger partial charge in [0.25, 0.3) is 11.8 Å².